The van der Waals surface area contributed by atoms with Gasteiger partial charge in [0.2, 0.25) is 5.91 Å². The Kier molecular flexibility index (Phi) is 4.02. The third-order valence-corrected chi connectivity index (χ3v) is 3.38. The number of carbonyl (C=O) groups excluding carboxylic acids is 1. The number of carbonyl (C=O) groups is 1. The lowest BCUT2D eigenvalue weighted by molar-refractivity contribution is -0.116. The van der Waals surface area contributed by atoms with Crippen molar-refractivity contribution in [2.45, 2.75) is 31.7 Å². The van der Waals surface area contributed by atoms with Gasteiger partial charge in [0.25, 0.3) is 0 Å². The highest BCUT2D eigenvalue weighted by atomic mass is 16.1. The third kappa shape index (κ3) is 2.91. The molecule has 1 heterocycles. The molecule has 5 heteroatoms. The van der Waals surface area contributed by atoms with E-state index in [1.807, 2.05) is 30.1 Å². The zero-order chi connectivity index (χ0) is 13.0. The SMILES string of the molecule is CNc1cccc(N(CC(N)=O)C2CCCC2)n1. The molecule has 0 radical (unpaired) electrons. The zero-order valence-electron chi connectivity index (χ0n) is 10.7. The van der Waals surface area contributed by atoms with Gasteiger partial charge in [-0.1, -0.05) is 18.9 Å². The van der Waals surface area contributed by atoms with Gasteiger partial charge in [-0.15, -0.1) is 0 Å². The molecular formula is C13H20N4O. The lowest BCUT2D eigenvalue weighted by Gasteiger charge is -2.29. The van der Waals surface area contributed by atoms with Crippen molar-refractivity contribution in [2.75, 3.05) is 23.8 Å². The lowest BCUT2D eigenvalue weighted by atomic mass is 10.2. The van der Waals surface area contributed by atoms with E-state index in [2.05, 4.69) is 10.3 Å². The number of nitrogens with two attached hydrogens (primary N) is 1. The van der Waals surface area contributed by atoms with Gasteiger partial charge in [0, 0.05) is 13.1 Å². The van der Waals surface area contributed by atoms with E-state index in [0.29, 0.717) is 6.04 Å². The Morgan fingerprint density at radius 3 is 2.83 bits per heavy atom. The fourth-order valence-electron chi connectivity index (χ4n) is 2.50. The van der Waals surface area contributed by atoms with Crippen molar-refractivity contribution >= 4 is 17.5 Å². The van der Waals surface area contributed by atoms with E-state index in [9.17, 15) is 4.79 Å². The molecule has 1 fully saturated rings. The van der Waals surface area contributed by atoms with Gasteiger partial charge in [0.15, 0.2) is 0 Å². The maximum atomic E-state index is 11.2. The molecule has 0 saturated heterocycles. The van der Waals surface area contributed by atoms with Gasteiger partial charge < -0.3 is 16.0 Å². The van der Waals surface area contributed by atoms with Crippen LogP contribution in [0.2, 0.25) is 0 Å². The molecule has 0 spiro atoms. The fraction of sp³-hybridized carbons (Fsp3) is 0.538. The highest BCUT2D eigenvalue weighted by Gasteiger charge is 2.24. The molecule has 3 N–H and O–H groups in total. The molecule has 0 unspecified atom stereocenters. The van der Waals surface area contributed by atoms with Crippen LogP contribution in [-0.2, 0) is 4.79 Å². The van der Waals surface area contributed by atoms with E-state index in [1.54, 1.807) is 0 Å². The highest BCUT2D eigenvalue weighted by molar-refractivity contribution is 5.79. The minimum atomic E-state index is -0.307. The summed E-state index contributed by atoms with van der Waals surface area (Å²) in [7, 11) is 1.83. The molecule has 1 amide bonds. The van der Waals surface area contributed by atoms with E-state index < -0.39 is 0 Å². The van der Waals surface area contributed by atoms with Crippen LogP contribution in [0.3, 0.4) is 0 Å². The Balaban J connectivity index is 2.23. The number of anilines is 2. The second-order valence-corrected chi connectivity index (χ2v) is 4.66. The molecule has 5 nitrogen and oxygen atoms in total. The first kappa shape index (κ1) is 12.7. The standard InChI is InChI=1S/C13H20N4O/c1-15-12-7-4-8-13(16-12)17(9-11(14)18)10-5-2-3-6-10/h4,7-8,10H,2-3,5-6,9H2,1H3,(H2,14,18)(H,15,16). The summed E-state index contributed by atoms with van der Waals surface area (Å²) >= 11 is 0. The summed E-state index contributed by atoms with van der Waals surface area (Å²) in [6.45, 7) is 0.241. The lowest BCUT2D eigenvalue weighted by Crippen LogP contribution is -2.40. The third-order valence-electron chi connectivity index (χ3n) is 3.38. The summed E-state index contributed by atoms with van der Waals surface area (Å²) in [5, 5.41) is 3.01. The second kappa shape index (κ2) is 5.71. The monoisotopic (exact) mass is 248 g/mol. The van der Waals surface area contributed by atoms with Crippen LogP contribution in [0, 0.1) is 0 Å². The smallest absolute Gasteiger partial charge is 0.237 e. The van der Waals surface area contributed by atoms with Gasteiger partial charge >= 0.3 is 0 Å². The van der Waals surface area contributed by atoms with Crippen LogP contribution in [0.15, 0.2) is 18.2 Å². The maximum Gasteiger partial charge on any atom is 0.237 e. The average Bonchev–Trinajstić information content (AvgIpc) is 2.89. The molecule has 18 heavy (non-hydrogen) atoms. The van der Waals surface area contributed by atoms with E-state index in [1.165, 1.54) is 12.8 Å². The van der Waals surface area contributed by atoms with Crippen molar-refractivity contribution in [1.29, 1.82) is 0 Å². The minimum absolute atomic E-state index is 0.241. The van der Waals surface area contributed by atoms with Gasteiger partial charge in [-0.2, -0.15) is 0 Å². The molecule has 2 rings (SSSR count). The molecule has 1 aliphatic rings. The number of nitrogens with one attached hydrogen (secondary N) is 1. The van der Waals surface area contributed by atoms with Gasteiger partial charge in [-0.3, -0.25) is 4.79 Å². The molecule has 0 atom stereocenters. The van der Waals surface area contributed by atoms with Crippen LogP contribution in [0.1, 0.15) is 25.7 Å². The predicted octanol–water partition coefficient (Wildman–Crippen LogP) is 1.36. The molecule has 1 aliphatic carbocycles. The predicted molar refractivity (Wildman–Crippen MR) is 72.6 cm³/mol. The molecule has 98 valence electrons. The van der Waals surface area contributed by atoms with Gasteiger partial charge in [-0.05, 0) is 25.0 Å². The van der Waals surface area contributed by atoms with Crippen LogP contribution >= 0.6 is 0 Å². The Bertz CT molecular complexity index is 415. The van der Waals surface area contributed by atoms with E-state index >= 15 is 0 Å². The summed E-state index contributed by atoms with van der Waals surface area (Å²) in [5.41, 5.74) is 5.34. The molecule has 1 aromatic rings. The molecule has 1 saturated carbocycles. The average molecular weight is 248 g/mol. The van der Waals surface area contributed by atoms with E-state index in [4.69, 9.17) is 5.73 Å². The maximum absolute atomic E-state index is 11.2. The van der Waals surface area contributed by atoms with Crippen LogP contribution < -0.4 is 16.0 Å². The summed E-state index contributed by atoms with van der Waals surface area (Å²) in [5.74, 6) is 1.33. The first-order valence-corrected chi connectivity index (χ1v) is 6.40. The van der Waals surface area contributed by atoms with Gasteiger partial charge in [0.1, 0.15) is 11.6 Å². The summed E-state index contributed by atoms with van der Waals surface area (Å²) in [6, 6.07) is 6.16. The summed E-state index contributed by atoms with van der Waals surface area (Å²) < 4.78 is 0. The van der Waals surface area contributed by atoms with Gasteiger partial charge in [0.05, 0.1) is 6.54 Å². The Morgan fingerprint density at radius 1 is 1.50 bits per heavy atom. The minimum Gasteiger partial charge on any atom is -0.373 e. The van der Waals surface area contributed by atoms with Gasteiger partial charge in [-0.25, -0.2) is 4.98 Å². The molecule has 0 aromatic carbocycles. The first-order chi connectivity index (χ1) is 8.70. The van der Waals surface area contributed by atoms with Crippen molar-refractivity contribution in [2.24, 2.45) is 5.73 Å². The number of pyridine rings is 1. The van der Waals surface area contributed by atoms with E-state index in [-0.39, 0.29) is 12.5 Å². The van der Waals surface area contributed by atoms with Crippen LogP contribution in [-0.4, -0.2) is 30.5 Å². The molecule has 1 aromatic heterocycles. The highest BCUT2D eigenvalue weighted by Crippen LogP contribution is 2.27. The Labute approximate surface area is 107 Å². The summed E-state index contributed by atoms with van der Waals surface area (Å²) in [4.78, 5) is 17.8. The van der Waals surface area contributed by atoms with Crippen LogP contribution in [0.25, 0.3) is 0 Å². The largest absolute Gasteiger partial charge is 0.373 e. The number of nitrogens with zero attached hydrogens (tertiary/aromatic N) is 2. The van der Waals surface area contributed by atoms with Crippen molar-refractivity contribution in [3.05, 3.63) is 18.2 Å². The number of rotatable bonds is 5. The number of hydrogen-bond donors (Lipinski definition) is 2. The van der Waals surface area contributed by atoms with E-state index in [0.717, 1.165) is 24.5 Å². The molecule has 0 bridgehead atoms. The van der Waals surface area contributed by atoms with Crippen LogP contribution in [0.5, 0.6) is 0 Å². The van der Waals surface area contributed by atoms with Crippen molar-refractivity contribution < 1.29 is 4.79 Å². The summed E-state index contributed by atoms with van der Waals surface area (Å²) in [6.07, 6.45) is 4.65. The fourth-order valence-corrected chi connectivity index (χ4v) is 2.50. The number of hydrogen-bond acceptors (Lipinski definition) is 4. The normalized spacial score (nSPS) is 15.6. The number of aromatic nitrogens is 1. The number of primary amides is 1. The van der Waals surface area contributed by atoms with Crippen molar-refractivity contribution in [3.8, 4) is 0 Å². The van der Waals surface area contributed by atoms with Crippen LogP contribution in [0.4, 0.5) is 11.6 Å². The zero-order valence-corrected chi connectivity index (χ0v) is 10.7. The quantitative estimate of drug-likeness (QED) is 0.825. The topological polar surface area (TPSA) is 71.2 Å². The Morgan fingerprint density at radius 2 is 2.22 bits per heavy atom. The molecular weight excluding hydrogens is 228 g/mol. The second-order valence-electron chi connectivity index (χ2n) is 4.66. The number of amides is 1. The Hall–Kier alpha value is -1.78. The molecule has 0 aliphatic heterocycles. The first-order valence-electron chi connectivity index (χ1n) is 6.40. The van der Waals surface area contributed by atoms with Crippen molar-refractivity contribution in [1.82, 2.24) is 4.98 Å². The van der Waals surface area contributed by atoms with Crippen molar-refractivity contribution in [3.63, 3.8) is 0 Å².